The zero-order valence-corrected chi connectivity index (χ0v) is 15.0. The van der Waals surface area contributed by atoms with E-state index in [0.29, 0.717) is 32.0 Å². The fourth-order valence-electron chi connectivity index (χ4n) is 2.88. The first-order valence-electron chi connectivity index (χ1n) is 8.37. The van der Waals surface area contributed by atoms with Gasteiger partial charge in [0, 0.05) is 26.2 Å². The van der Waals surface area contributed by atoms with Gasteiger partial charge in [0.1, 0.15) is 5.82 Å². The lowest BCUT2D eigenvalue weighted by molar-refractivity contribution is 0.257. The Morgan fingerprint density at radius 1 is 0.923 bits per heavy atom. The molecule has 1 aliphatic rings. The molecule has 0 amide bonds. The van der Waals surface area contributed by atoms with Gasteiger partial charge in [-0.05, 0) is 37.2 Å². The van der Waals surface area contributed by atoms with Crippen LogP contribution in [-0.2, 0) is 9.84 Å². The standard InChI is InChI=1S/C17H20F2N4O2S/c18-14-2-4-16(5-3-14)26(24,25)11-1-6-22-7-9-23(10-8-22)17-20-12-15(19)13-21-17/h2-5,12-13H,1,6-11H2. The van der Waals surface area contributed by atoms with Crippen LogP contribution < -0.4 is 4.90 Å². The van der Waals surface area contributed by atoms with Crippen LogP contribution in [0.5, 0.6) is 0 Å². The second-order valence-corrected chi connectivity index (χ2v) is 8.27. The molecule has 0 N–H and O–H groups in total. The molecule has 1 aromatic carbocycles. The van der Waals surface area contributed by atoms with Gasteiger partial charge in [0.15, 0.2) is 15.7 Å². The van der Waals surface area contributed by atoms with E-state index in [0.717, 1.165) is 37.6 Å². The molecule has 1 aliphatic heterocycles. The summed E-state index contributed by atoms with van der Waals surface area (Å²) in [7, 11) is -3.39. The first-order chi connectivity index (χ1) is 12.4. The second kappa shape index (κ2) is 8.05. The minimum absolute atomic E-state index is 0.0277. The number of aromatic nitrogens is 2. The highest BCUT2D eigenvalue weighted by Crippen LogP contribution is 2.14. The van der Waals surface area contributed by atoms with Crippen molar-refractivity contribution in [3.05, 3.63) is 48.3 Å². The molecule has 0 unspecified atom stereocenters. The van der Waals surface area contributed by atoms with Crippen LogP contribution in [0.25, 0.3) is 0 Å². The van der Waals surface area contributed by atoms with Crippen molar-refractivity contribution in [2.24, 2.45) is 0 Å². The third-order valence-electron chi connectivity index (χ3n) is 4.32. The summed E-state index contributed by atoms with van der Waals surface area (Å²) in [4.78, 5) is 12.3. The monoisotopic (exact) mass is 382 g/mol. The van der Waals surface area contributed by atoms with E-state index in [1.54, 1.807) is 0 Å². The Bertz CT molecular complexity index is 821. The number of nitrogens with zero attached hydrogens (tertiary/aromatic N) is 4. The number of anilines is 1. The third kappa shape index (κ3) is 4.73. The summed E-state index contributed by atoms with van der Waals surface area (Å²) < 4.78 is 50.3. The van der Waals surface area contributed by atoms with Crippen LogP contribution in [0, 0.1) is 11.6 Å². The predicted molar refractivity (Wildman–Crippen MR) is 93.7 cm³/mol. The van der Waals surface area contributed by atoms with Crippen LogP contribution in [0.2, 0.25) is 0 Å². The minimum atomic E-state index is -3.39. The van der Waals surface area contributed by atoms with Crippen molar-refractivity contribution < 1.29 is 17.2 Å². The summed E-state index contributed by atoms with van der Waals surface area (Å²) in [6, 6.07) is 4.91. The number of rotatable bonds is 6. The molecular formula is C17H20F2N4O2S. The summed E-state index contributed by atoms with van der Waals surface area (Å²) >= 11 is 0. The molecule has 2 aromatic rings. The van der Waals surface area contributed by atoms with Gasteiger partial charge < -0.3 is 4.90 Å². The maximum absolute atomic E-state index is 12.9. The molecule has 0 spiro atoms. The quantitative estimate of drug-likeness (QED) is 0.709. The third-order valence-corrected chi connectivity index (χ3v) is 6.14. The van der Waals surface area contributed by atoms with Gasteiger partial charge in [-0.25, -0.2) is 27.2 Å². The van der Waals surface area contributed by atoms with Crippen molar-refractivity contribution in [1.29, 1.82) is 0 Å². The van der Waals surface area contributed by atoms with Gasteiger partial charge in [-0.15, -0.1) is 0 Å². The molecule has 2 heterocycles. The molecular weight excluding hydrogens is 362 g/mol. The summed E-state index contributed by atoms with van der Waals surface area (Å²) in [5.41, 5.74) is 0. The van der Waals surface area contributed by atoms with E-state index < -0.39 is 21.5 Å². The van der Waals surface area contributed by atoms with Gasteiger partial charge in [-0.3, -0.25) is 4.90 Å². The van der Waals surface area contributed by atoms with Crippen LogP contribution >= 0.6 is 0 Å². The highest BCUT2D eigenvalue weighted by molar-refractivity contribution is 7.91. The molecule has 0 bridgehead atoms. The van der Waals surface area contributed by atoms with E-state index in [4.69, 9.17) is 0 Å². The van der Waals surface area contributed by atoms with Crippen molar-refractivity contribution in [1.82, 2.24) is 14.9 Å². The Kier molecular flexibility index (Phi) is 5.77. The lowest BCUT2D eigenvalue weighted by Gasteiger charge is -2.34. The second-order valence-electron chi connectivity index (χ2n) is 6.16. The van der Waals surface area contributed by atoms with Crippen LogP contribution in [-0.4, -0.2) is 61.8 Å². The molecule has 0 saturated carbocycles. The molecule has 9 heteroatoms. The van der Waals surface area contributed by atoms with E-state index in [-0.39, 0.29) is 10.6 Å². The molecule has 140 valence electrons. The smallest absolute Gasteiger partial charge is 0.225 e. The topological polar surface area (TPSA) is 66.4 Å². The van der Waals surface area contributed by atoms with Crippen molar-refractivity contribution in [2.75, 3.05) is 43.4 Å². The van der Waals surface area contributed by atoms with Gasteiger partial charge in [0.2, 0.25) is 5.95 Å². The molecule has 26 heavy (non-hydrogen) atoms. The van der Waals surface area contributed by atoms with E-state index in [9.17, 15) is 17.2 Å². The van der Waals surface area contributed by atoms with Gasteiger partial charge in [0.25, 0.3) is 0 Å². The van der Waals surface area contributed by atoms with Crippen LogP contribution in [0.4, 0.5) is 14.7 Å². The summed E-state index contributed by atoms with van der Waals surface area (Å²) in [5.74, 6) is -0.383. The zero-order valence-electron chi connectivity index (χ0n) is 14.2. The van der Waals surface area contributed by atoms with Gasteiger partial charge >= 0.3 is 0 Å². The van der Waals surface area contributed by atoms with E-state index >= 15 is 0 Å². The van der Waals surface area contributed by atoms with Gasteiger partial charge in [-0.2, -0.15) is 0 Å². The highest BCUT2D eigenvalue weighted by atomic mass is 32.2. The predicted octanol–water partition coefficient (Wildman–Crippen LogP) is 1.74. The first-order valence-corrected chi connectivity index (χ1v) is 10.0. The maximum Gasteiger partial charge on any atom is 0.225 e. The van der Waals surface area contributed by atoms with Crippen molar-refractivity contribution >= 4 is 15.8 Å². The lowest BCUT2D eigenvalue weighted by atomic mass is 10.3. The fraction of sp³-hybridized carbons (Fsp3) is 0.412. The summed E-state index contributed by atoms with van der Waals surface area (Å²) in [6.45, 7) is 3.60. The Labute approximate surface area is 151 Å². The fourth-order valence-corrected chi connectivity index (χ4v) is 4.17. The number of piperazine rings is 1. The van der Waals surface area contributed by atoms with Crippen molar-refractivity contribution in [2.45, 2.75) is 11.3 Å². The molecule has 3 rings (SSSR count). The number of hydrogen-bond donors (Lipinski definition) is 0. The molecule has 0 radical (unpaired) electrons. The molecule has 6 nitrogen and oxygen atoms in total. The maximum atomic E-state index is 12.9. The van der Waals surface area contributed by atoms with Gasteiger partial charge in [0.05, 0.1) is 23.0 Å². The number of sulfone groups is 1. The Morgan fingerprint density at radius 2 is 1.54 bits per heavy atom. The molecule has 1 aromatic heterocycles. The van der Waals surface area contributed by atoms with Crippen LogP contribution in [0.15, 0.2) is 41.6 Å². The van der Waals surface area contributed by atoms with E-state index in [1.807, 2.05) is 4.90 Å². The SMILES string of the molecule is O=S(=O)(CCCN1CCN(c2ncc(F)cn2)CC1)c1ccc(F)cc1. The Balaban J connectivity index is 1.45. The molecule has 0 aliphatic carbocycles. The minimum Gasteiger partial charge on any atom is -0.338 e. The van der Waals surface area contributed by atoms with Crippen LogP contribution in [0.3, 0.4) is 0 Å². The average Bonchev–Trinajstić information content (AvgIpc) is 2.63. The highest BCUT2D eigenvalue weighted by Gasteiger charge is 2.20. The largest absolute Gasteiger partial charge is 0.338 e. The number of benzene rings is 1. The molecule has 1 saturated heterocycles. The van der Waals surface area contributed by atoms with E-state index in [1.165, 1.54) is 12.1 Å². The van der Waals surface area contributed by atoms with Crippen molar-refractivity contribution in [3.63, 3.8) is 0 Å². The normalized spacial score (nSPS) is 16.0. The van der Waals surface area contributed by atoms with Gasteiger partial charge in [-0.1, -0.05) is 0 Å². The van der Waals surface area contributed by atoms with E-state index in [2.05, 4.69) is 14.9 Å². The van der Waals surface area contributed by atoms with Crippen LogP contribution in [0.1, 0.15) is 6.42 Å². The average molecular weight is 382 g/mol. The number of hydrogen-bond acceptors (Lipinski definition) is 6. The summed E-state index contributed by atoms with van der Waals surface area (Å²) in [5, 5.41) is 0. The Hall–Kier alpha value is -2.13. The Morgan fingerprint density at radius 3 is 2.15 bits per heavy atom. The zero-order chi connectivity index (χ0) is 18.6. The lowest BCUT2D eigenvalue weighted by Crippen LogP contribution is -2.47. The molecule has 1 fully saturated rings. The number of halogens is 2. The molecule has 0 atom stereocenters. The first kappa shape index (κ1) is 18.7. The summed E-state index contributed by atoms with van der Waals surface area (Å²) in [6.07, 6.45) is 2.80. The van der Waals surface area contributed by atoms with Crippen molar-refractivity contribution in [3.8, 4) is 0 Å².